The molecule has 2 nitrogen and oxygen atoms in total. The lowest BCUT2D eigenvalue weighted by atomic mass is 9.83. The minimum Gasteiger partial charge on any atom is -0.373 e. The topological polar surface area (TPSA) is 26.3 Å². The minimum atomic E-state index is -0.177. The van der Waals surface area contributed by atoms with Gasteiger partial charge in [-0.25, -0.2) is 0 Å². The van der Waals surface area contributed by atoms with Gasteiger partial charge in [-0.2, -0.15) is 0 Å². The first-order valence-electron chi connectivity index (χ1n) is 7.40. The zero-order chi connectivity index (χ0) is 13.5. The van der Waals surface area contributed by atoms with Crippen LogP contribution in [-0.4, -0.2) is 19.0 Å². The van der Waals surface area contributed by atoms with Gasteiger partial charge in [-0.05, 0) is 30.7 Å². The fourth-order valence-corrected chi connectivity index (χ4v) is 3.08. The Balaban J connectivity index is 1.86. The Morgan fingerprint density at radius 2 is 1.89 bits per heavy atom. The fraction of sp³-hybridized carbons (Fsp3) is 0.588. The van der Waals surface area contributed by atoms with E-state index in [0.717, 1.165) is 19.3 Å². The smallest absolute Gasteiger partial charge is 0.162 e. The number of ether oxygens (including phenoxy) is 1. The Kier molecular flexibility index (Phi) is 5.59. The van der Waals surface area contributed by atoms with Gasteiger partial charge in [0.25, 0.3) is 0 Å². The number of Topliss-reactive ketones (excluding diaryl/α,β-unsaturated/α-hetero) is 1. The third-order valence-electron chi connectivity index (χ3n) is 4.15. The van der Waals surface area contributed by atoms with Crippen LogP contribution in [0.15, 0.2) is 30.3 Å². The van der Waals surface area contributed by atoms with Crippen LogP contribution in [0.1, 0.15) is 44.1 Å². The molecule has 1 atom stereocenters. The third-order valence-corrected chi connectivity index (χ3v) is 4.15. The van der Waals surface area contributed by atoms with E-state index in [1.165, 1.54) is 24.8 Å². The van der Waals surface area contributed by atoms with Crippen molar-refractivity contribution in [2.45, 2.75) is 51.0 Å². The van der Waals surface area contributed by atoms with Crippen LogP contribution in [0.2, 0.25) is 0 Å². The zero-order valence-corrected chi connectivity index (χ0v) is 11.8. The molecule has 1 fully saturated rings. The molecule has 2 heteroatoms. The summed E-state index contributed by atoms with van der Waals surface area (Å²) in [5.41, 5.74) is 1.23. The van der Waals surface area contributed by atoms with E-state index < -0.39 is 0 Å². The van der Waals surface area contributed by atoms with Crippen LogP contribution >= 0.6 is 0 Å². The van der Waals surface area contributed by atoms with Crippen molar-refractivity contribution in [1.82, 2.24) is 0 Å². The molecule has 1 saturated carbocycles. The second-order valence-corrected chi connectivity index (χ2v) is 5.51. The lowest BCUT2D eigenvalue weighted by Gasteiger charge is -2.28. The largest absolute Gasteiger partial charge is 0.373 e. The van der Waals surface area contributed by atoms with Gasteiger partial charge in [0.1, 0.15) is 6.10 Å². The lowest BCUT2D eigenvalue weighted by molar-refractivity contribution is -0.132. The summed E-state index contributed by atoms with van der Waals surface area (Å²) in [6, 6.07) is 10.2. The summed E-state index contributed by atoms with van der Waals surface area (Å²) >= 11 is 0. The first-order valence-corrected chi connectivity index (χ1v) is 7.40. The predicted octanol–water partition coefficient (Wildman–Crippen LogP) is 3.78. The molecule has 0 saturated heterocycles. The molecule has 1 aromatic rings. The van der Waals surface area contributed by atoms with Gasteiger partial charge in [0, 0.05) is 13.5 Å². The summed E-state index contributed by atoms with van der Waals surface area (Å²) in [7, 11) is 1.68. The van der Waals surface area contributed by atoms with Crippen LogP contribution in [0.5, 0.6) is 0 Å². The summed E-state index contributed by atoms with van der Waals surface area (Å²) in [5.74, 6) is 0.722. The SMILES string of the molecule is COC(C(=O)CCc1ccccc1)C1CCCCC1. The molecule has 19 heavy (non-hydrogen) atoms. The van der Waals surface area contributed by atoms with E-state index in [1.807, 2.05) is 18.2 Å². The average molecular weight is 260 g/mol. The lowest BCUT2D eigenvalue weighted by Crippen LogP contribution is -2.33. The van der Waals surface area contributed by atoms with Gasteiger partial charge in [0.2, 0.25) is 0 Å². The van der Waals surface area contributed by atoms with E-state index in [9.17, 15) is 4.79 Å². The Morgan fingerprint density at radius 3 is 2.53 bits per heavy atom. The van der Waals surface area contributed by atoms with E-state index in [4.69, 9.17) is 4.74 Å². The molecule has 2 rings (SSSR count). The number of carbonyl (C=O) groups is 1. The van der Waals surface area contributed by atoms with E-state index in [0.29, 0.717) is 12.3 Å². The summed E-state index contributed by atoms with van der Waals surface area (Å²) in [4.78, 5) is 12.3. The molecule has 0 amide bonds. The molecule has 0 aromatic heterocycles. The second kappa shape index (κ2) is 7.44. The van der Waals surface area contributed by atoms with Crippen molar-refractivity contribution < 1.29 is 9.53 Å². The fourth-order valence-electron chi connectivity index (χ4n) is 3.08. The summed E-state index contributed by atoms with van der Waals surface area (Å²) < 4.78 is 5.49. The normalized spacial score (nSPS) is 18.2. The number of ketones is 1. The molecule has 0 heterocycles. The number of aryl methyl sites for hydroxylation is 1. The highest BCUT2D eigenvalue weighted by Crippen LogP contribution is 2.28. The molecule has 1 aliphatic rings. The summed E-state index contributed by atoms with van der Waals surface area (Å²) in [6.07, 6.45) is 7.35. The first kappa shape index (κ1) is 14.3. The third kappa shape index (κ3) is 4.17. The van der Waals surface area contributed by atoms with Crippen LogP contribution < -0.4 is 0 Å². The van der Waals surface area contributed by atoms with Crippen LogP contribution in [0, 0.1) is 5.92 Å². The standard InChI is InChI=1S/C17H24O2/c1-19-17(15-10-6-3-7-11-15)16(18)13-12-14-8-4-2-5-9-14/h2,4-5,8-9,15,17H,3,6-7,10-13H2,1H3. The van der Waals surface area contributed by atoms with Crippen molar-refractivity contribution in [3.63, 3.8) is 0 Å². The number of rotatable bonds is 6. The van der Waals surface area contributed by atoms with Gasteiger partial charge in [0.05, 0.1) is 0 Å². The van der Waals surface area contributed by atoms with Crippen molar-refractivity contribution >= 4 is 5.78 Å². The van der Waals surface area contributed by atoms with Gasteiger partial charge in [-0.3, -0.25) is 4.79 Å². The van der Waals surface area contributed by atoms with Crippen LogP contribution in [-0.2, 0) is 16.0 Å². The first-order chi connectivity index (χ1) is 9.31. The number of hydrogen-bond acceptors (Lipinski definition) is 2. The molecular weight excluding hydrogens is 236 g/mol. The molecule has 0 bridgehead atoms. The van der Waals surface area contributed by atoms with Gasteiger partial charge < -0.3 is 4.74 Å². The molecule has 1 aliphatic carbocycles. The highest BCUT2D eigenvalue weighted by Gasteiger charge is 2.28. The Morgan fingerprint density at radius 1 is 1.21 bits per heavy atom. The molecule has 1 aromatic carbocycles. The highest BCUT2D eigenvalue weighted by molar-refractivity contribution is 5.83. The number of methoxy groups -OCH3 is 1. The average Bonchev–Trinajstić information content (AvgIpc) is 2.48. The van der Waals surface area contributed by atoms with Gasteiger partial charge in [0.15, 0.2) is 5.78 Å². The monoisotopic (exact) mass is 260 g/mol. The molecule has 0 spiro atoms. The van der Waals surface area contributed by atoms with Gasteiger partial charge >= 0.3 is 0 Å². The predicted molar refractivity (Wildman–Crippen MR) is 77.1 cm³/mol. The molecule has 0 aliphatic heterocycles. The van der Waals surface area contributed by atoms with Gasteiger partial charge in [-0.15, -0.1) is 0 Å². The van der Waals surface area contributed by atoms with Crippen molar-refractivity contribution in [3.05, 3.63) is 35.9 Å². The van der Waals surface area contributed by atoms with Crippen LogP contribution in [0.3, 0.4) is 0 Å². The Hall–Kier alpha value is -1.15. The summed E-state index contributed by atoms with van der Waals surface area (Å²) in [6.45, 7) is 0. The van der Waals surface area contributed by atoms with Crippen molar-refractivity contribution in [1.29, 1.82) is 0 Å². The maximum atomic E-state index is 12.3. The molecule has 1 unspecified atom stereocenters. The molecular formula is C17H24O2. The maximum Gasteiger partial charge on any atom is 0.162 e. The van der Waals surface area contributed by atoms with E-state index in [1.54, 1.807) is 7.11 Å². The van der Waals surface area contributed by atoms with Crippen LogP contribution in [0.4, 0.5) is 0 Å². The minimum absolute atomic E-state index is 0.177. The number of benzene rings is 1. The number of hydrogen-bond donors (Lipinski definition) is 0. The number of carbonyl (C=O) groups excluding carboxylic acids is 1. The zero-order valence-electron chi connectivity index (χ0n) is 11.8. The van der Waals surface area contributed by atoms with Crippen molar-refractivity contribution in [2.24, 2.45) is 5.92 Å². The van der Waals surface area contributed by atoms with Crippen molar-refractivity contribution in [2.75, 3.05) is 7.11 Å². The maximum absolute atomic E-state index is 12.3. The van der Waals surface area contributed by atoms with E-state index >= 15 is 0 Å². The van der Waals surface area contributed by atoms with Crippen LogP contribution in [0.25, 0.3) is 0 Å². The van der Waals surface area contributed by atoms with E-state index in [2.05, 4.69) is 12.1 Å². The quantitative estimate of drug-likeness (QED) is 0.778. The molecule has 0 N–H and O–H groups in total. The second-order valence-electron chi connectivity index (χ2n) is 5.51. The molecule has 0 radical (unpaired) electrons. The Labute approximate surface area is 116 Å². The Bertz CT molecular complexity index is 380. The highest BCUT2D eigenvalue weighted by atomic mass is 16.5. The van der Waals surface area contributed by atoms with Crippen molar-refractivity contribution in [3.8, 4) is 0 Å². The summed E-state index contributed by atoms with van der Waals surface area (Å²) in [5, 5.41) is 0. The molecule has 104 valence electrons. The van der Waals surface area contributed by atoms with E-state index in [-0.39, 0.29) is 11.9 Å². The van der Waals surface area contributed by atoms with Gasteiger partial charge in [-0.1, -0.05) is 49.6 Å².